The normalized spacial score (nSPS) is 16.7. The fraction of sp³-hybridized carbons (Fsp3) is 0.375. The van der Waals surface area contributed by atoms with Gasteiger partial charge in [-0.3, -0.25) is 9.59 Å². The van der Waals surface area contributed by atoms with Crippen LogP contribution in [-0.4, -0.2) is 48.5 Å². The van der Waals surface area contributed by atoms with Gasteiger partial charge in [0, 0.05) is 29.7 Å². The molecule has 2 N–H and O–H groups in total. The number of esters is 1. The number of ether oxygens (including phenoxy) is 1. The molecule has 7 nitrogen and oxygen atoms in total. The van der Waals surface area contributed by atoms with Gasteiger partial charge in [-0.05, 0) is 49.6 Å². The van der Waals surface area contributed by atoms with Gasteiger partial charge in [-0.2, -0.15) is 0 Å². The highest BCUT2D eigenvalue weighted by Crippen LogP contribution is 2.20. The van der Waals surface area contributed by atoms with E-state index in [9.17, 15) is 14.4 Å². The lowest BCUT2D eigenvalue weighted by molar-refractivity contribution is -0.151. The highest BCUT2D eigenvalue weighted by molar-refractivity contribution is 9.10. The maximum Gasteiger partial charge on any atom is 0.319 e. The lowest BCUT2D eigenvalue weighted by Crippen LogP contribution is -2.53. The first-order chi connectivity index (χ1) is 15.5. The lowest BCUT2D eigenvalue weighted by atomic mass is 9.96. The van der Waals surface area contributed by atoms with E-state index in [2.05, 4.69) is 26.6 Å². The van der Waals surface area contributed by atoms with Crippen molar-refractivity contribution in [1.29, 1.82) is 0 Å². The molecule has 1 aliphatic heterocycles. The molecule has 1 saturated heterocycles. The Labute approximate surface area is 196 Å². The number of anilines is 1. The Bertz CT molecular complexity index is 921. The molecule has 0 bridgehead atoms. The van der Waals surface area contributed by atoms with E-state index in [1.165, 1.54) is 0 Å². The Morgan fingerprint density at radius 2 is 1.84 bits per heavy atom. The van der Waals surface area contributed by atoms with Crippen molar-refractivity contribution in [1.82, 2.24) is 10.2 Å². The second-order valence-corrected chi connectivity index (χ2v) is 8.64. The number of benzene rings is 2. The predicted molar refractivity (Wildman–Crippen MR) is 126 cm³/mol. The number of hydrogen-bond donors (Lipinski definition) is 2. The summed E-state index contributed by atoms with van der Waals surface area (Å²) in [4.78, 5) is 39.9. The van der Waals surface area contributed by atoms with E-state index < -0.39 is 12.1 Å². The number of rotatable bonds is 7. The van der Waals surface area contributed by atoms with Crippen molar-refractivity contribution in [3.63, 3.8) is 0 Å². The molecule has 2 atom stereocenters. The van der Waals surface area contributed by atoms with Gasteiger partial charge in [0.15, 0.2) is 0 Å². The van der Waals surface area contributed by atoms with Crippen LogP contribution >= 0.6 is 15.9 Å². The summed E-state index contributed by atoms with van der Waals surface area (Å²) in [7, 11) is 0. The maximum absolute atomic E-state index is 13.4. The SMILES string of the molecule is CCOC(=O)[C@@H]1CCCN(C(=O)[C@@H](Cc2ccccc2)NC(=O)Nc2ccc(Br)cc2)C1. The number of urea groups is 1. The van der Waals surface area contributed by atoms with Gasteiger partial charge in [-0.1, -0.05) is 46.3 Å². The van der Waals surface area contributed by atoms with E-state index in [4.69, 9.17) is 4.74 Å². The van der Waals surface area contributed by atoms with Crippen molar-refractivity contribution in [2.24, 2.45) is 5.92 Å². The van der Waals surface area contributed by atoms with Crippen LogP contribution in [0.15, 0.2) is 59.1 Å². The van der Waals surface area contributed by atoms with Gasteiger partial charge in [-0.15, -0.1) is 0 Å². The molecule has 0 radical (unpaired) electrons. The Balaban J connectivity index is 1.71. The average molecular weight is 502 g/mol. The van der Waals surface area contributed by atoms with Crippen LogP contribution in [0.2, 0.25) is 0 Å². The number of nitrogens with zero attached hydrogens (tertiary/aromatic N) is 1. The molecule has 0 aliphatic carbocycles. The maximum atomic E-state index is 13.4. The molecule has 2 aromatic carbocycles. The summed E-state index contributed by atoms with van der Waals surface area (Å²) in [5, 5.41) is 5.60. The van der Waals surface area contributed by atoms with Crippen LogP contribution in [0, 0.1) is 5.92 Å². The van der Waals surface area contributed by atoms with Gasteiger partial charge >= 0.3 is 12.0 Å². The molecule has 170 valence electrons. The first-order valence-electron chi connectivity index (χ1n) is 10.8. The standard InChI is InChI=1S/C24H28BrN3O4/c1-2-32-23(30)18-9-6-14-28(16-18)22(29)21(15-17-7-4-3-5-8-17)27-24(31)26-20-12-10-19(25)11-13-20/h3-5,7-8,10-13,18,21H,2,6,9,14-16H2,1H3,(H2,26,27,31)/t18-,21-/m1/s1. The van der Waals surface area contributed by atoms with Crippen molar-refractivity contribution in [2.45, 2.75) is 32.2 Å². The van der Waals surface area contributed by atoms with Crippen LogP contribution in [0.1, 0.15) is 25.3 Å². The number of carbonyl (C=O) groups excluding carboxylic acids is 3. The zero-order chi connectivity index (χ0) is 22.9. The number of nitrogens with one attached hydrogen (secondary N) is 2. The summed E-state index contributed by atoms with van der Waals surface area (Å²) in [6.07, 6.45) is 1.77. The molecule has 0 saturated carbocycles. The van der Waals surface area contributed by atoms with Crippen molar-refractivity contribution in [2.75, 3.05) is 25.0 Å². The largest absolute Gasteiger partial charge is 0.466 e. The molecule has 3 amide bonds. The topological polar surface area (TPSA) is 87.7 Å². The Hall–Kier alpha value is -2.87. The summed E-state index contributed by atoms with van der Waals surface area (Å²) in [6.45, 7) is 2.94. The molecule has 2 aromatic rings. The van der Waals surface area contributed by atoms with E-state index in [1.807, 2.05) is 42.5 Å². The summed E-state index contributed by atoms with van der Waals surface area (Å²) >= 11 is 3.37. The van der Waals surface area contributed by atoms with E-state index >= 15 is 0 Å². The van der Waals surface area contributed by atoms with E-state index in [1.54, 1.807) is 24.0 Å². The molecule has 0 aromatic heterocycles. The number of amides is 3. The summed E-state index contributed by atoms with van der Waals surface area (Å²) < 4.78 is 6.05. The fourth-order valence-corrected chi connectivity index (χ4v) is 4.02. The molecule has 1 aliphatic rings. The third kappa shape index (κ3) is 6.82. The van der Waals surface area contributed by atoms with Crippen LogP contribution in [-0.2, 0) is 20.7 Å². The number of piperidine rings is 1. The average Bonchev–Trinajstić information content (AvgIpc) is 2.80. The Kier molecular flexibility index (Phi) is 8.67. The van der Waals surface area contributed by atoms with Crippen LogP contribution in [0.3, 0.4) is 0 Å². The van der Waals surface area contributed by atoms with E-state index in [0.29, 0.717) is 38.2 Å². The minimum Gasteiger partial charge on any atom is -0.466 e. The molecule has 3 rings (SSSR count). The first-order valence-corrected chi connectivity index (χ1v) is 11.6. The minimum atomic E-state index is -0.756. The second kappa shape index (κ2) is 11.7. The molecular weight excluding hydrogens is 474 g/mol. The highest BCUT2D eigenvalue weighted by atomic mass is 79.9. The summed E-state index contributed by atoms with van der Waals surface area (Å²) in [5.74, 6) is -0.805. The van der Waals surface area contributed by atoms with Crippen molar-refractivity contribution >= 4 is 39.5 Å². The summed E-state index contributed by atoms with van der Waals surface area (Å²) in [6, 6.07) is 15.5. The van der Waals surface area contributed by atoms with Gasteiger partial charge in [0.1, 0.15) is 6.04 Å². The zero-order valence-electron chi connectivity index (χ0n) is 18.1. The number of hydrogen-bond acceptors (Lipinski definition) is 4. The number of likely N-dealkylation sites (tertiary alicyclic amines) is 1. The van der Waals surface area contributed by atoms with Crippen molar-refractivity contribution in [3.05, 3.63) is 64.6 Å². The van der Waals surface area contributed by atoms with Crippen molar-refractivity contribution < 1.29 is 19.1 Å². The Morgan fingerprint density at radius 1 is 1.12 bits per heavy atom. The van der Waals surface area contributed by atoms with Crippen LogP contribution in [0.4, 0.5) is 10.5 Å². The molecule has 1 fully saturated rings. The van der Waals surface area contributed by atoms with Crippen LogP contribution in [0.25, 0.3) is 0 Å². The van der Waals surface area contributed by atoms with Crippen LogP contribution in [0.5, 0.6) is 0 Å². The van der Waals surface area contributed by atoms with Gasteiger partial charge in [0.2, 0.25) is 5.91 Å². The lowest BCUT2D eigenvalue weighted by Gasteiger charge is -2.34. The monoisotopic (exact) mass is 501 g/mol. The second-order valence-electron chi connectivity index (χ2n) is 7.72. The predicted octanol–water partition coefficient (Wildman–Crippen LogP) is 3.98. The van der Waals surface area contributed by atoms with Gasteiger partial charge in [0.05, 0.1) is 12.5 Å². The van der Waals surface area contributed by atoms with E-state index in [0.717, 1.165) is 16.5 Å². The van der Waals surface area contributed by atoms with Gasteiger partial charge in [0.25, 0.3) is 0 Å². The van der Waals surface area contributed by atoms with Gasteiger partial charge < -0.3 is 20.3 Å². The minimum absolute atomic E-state index is 0.200. The quantitative estimate of drug-likeness (QED) is 0.561. The number of carbonyl (C=O) groups is 3. The molecule has 1 heterocycles. The highest BCUT2D eigenvalue weighted by Gasteiger charge is 2.33. The molecule has 32 heavy (non-hydrogen) atoms. The molecule has 8 heteroatoms. The summed E-state index contributed by atoms with van der Waals surface area (Å²) in [5.41, 5.74) is 1.56. The zero-order valence-corrected chi connectivity index (χ0v) is 19.6. The molecule has 0 spiro atoms. The molecule has 0 unspecified atom stereocenters. The number of halogens is 1. The Morgan fingerprint density at radius 3 is 2.53 bits per heavy atom. The third-order valence-electron chi connectivity index (χ3n) is 5.34. The fourth-order valence-electron chi connectivity index (χ4n) is 3.76. The smallest absolute Gasteiger partial charge is 0.319 e. The molecular formula is C24H28BrN3O4. The third-order valence-corrected chi connectivity index (χ3v) is 5.87. The van der Waals surface area contributed by atoms with E-state index in [-0.39, 0.29) is 17.8 Å². The van der Waals surface area contributed by atoms with Gasteiger partial charge in [-0.25, -0.2) is 4.79 Å². The van der Waals surface area contributed by atoms with Crippen molar-refractivity contribution in [3.8, 4) is 0 Å². The van der Waals surface area contributed by atoms with Crippen LogP contribution < -0.4 is 10.6 Å². The first kappa shape index (κ1) is 23.8.